The van der Waals surface area contributed by atoms with Gasteiger partial charge in [-0.1, -0.05) is 13.3 Å². The zero-order chi connectivity index (χ0) is 15.5. The van der Waals surface area contributed by atoms with E-state index < -0.39 is 9.84 Å². The fraction of sp³-hybridized carbons (Fsp3) is 0.933. The number of rotatable bonds is 8. The predicted octanol–water partition coefficient (Wildman–Crippen LogP) is 1.67. The summed E-state index contributed by atoms with van der Waals surface area (Å²) in [7, 11) is -1.80. The van der Waals surface area contributed by atoms with Gasteiger partial charge in [0.25, 0.3) is 0 Å². The van der Waals surface area contributed by atoms with Crippen LogP contribution in [0, 0.1) is 5.41 Å². The van der Waals surface area contributed by atoms with Crippen molar-refractivity contribution in [3.8, 4) is 0 Å². The van der Waals surface area contributed by atoms with E-state index in [4.69, 9.17) is 4.74 Å². The van der Waals surface area contributed by atoms with Crippen molar-refractivity contribution in [3.63, 3.8) is 0 Å². The maximum Gasteiger partial charge on any atom is 0.306 e. The molecule has 0 aliphatic heterocycles. The number of hydrogen-bond donors (Lipinski definition) is 1. The Balaban J connectivity index is 1.99. The molecule has 2 fully saturated rings. The Labute approximate surface area is 127 Å². The highest BCUT2D eigenvalue weighted by Crippen LogP contribution is 2.51. The van der Waals surface area contributed by atoms with E-state index in [0.717, 1.165) is 45.1 Å². The SMILES string of the molecule is CCCNC1CCCC1S(=O)(=O)CC1(CC(=O)OC)CC1. The molecule has 0 saturated heterocycles. The van der Waals surface area contributed by atoms with E-state index in [1.165, 1.54) is 7.11 Å². The first kappa shape index (κ1) is 16.7. The van der Waals surface area contributed by atoms with Crippen molar-refractivity contribution in [2.75, 3.05) is 19.4 Å². The first-order valence-electron chi connectivity index (χ1n) is 7.94. The fourth-order valence-electron chi connectivity index (χ4n) is 3.38. The van der Waals surface area contributed by atoms with E-state index in [0.29, 0.717) is 0 Å². The topological polar surface area (TPSA) is 72.5 Å². The number of nitrogens with one attached hydrogen (secondary N) is 1. The molecule has 0 amide bonds. The van der Waals surface area contributed by atoms with Crippen LogP contribution in [0.15, 0.2) is 0 Å². The second-order valence-corrected chi connectivity index (χ2v) is 8.81. The Morgan fingerprint density at radius 1 is 1.33 bits per heavy atom. The van der Waals surface area contributed by atoms with Crippen LogP contribution in [0.25, 0.3) is 0 Å². The van der Waals surface area contributed by atoms with Crippen LogP contribution in [0.2, 0.25) is 0 Å². The van der Waals surface area contributed by atoms with E-state index in [1.807, 2.05) is 0 Å². The average Bonchev–Trinajstić information content (AvgIpc) is 3.00. The molecule has 0 heterocycles. The quantitative estimate of drug-likeness (QED) is 0.689. The van der Waals surface area contributed by atoms with Crippen molar-refractivity contribution in [2.24, 2.45) is 5.41 Å². The number of sulfone groups is 1. The van der Waals surface area contributed by atoms with Crippen LogP contribution in [0.3, 0.4) is 0 Å². The summed E-state index contributed by atoms with van der Waals surface area (Å²) >= 11 is 0. The van der Waals surface area contributed by atoms with Crippen molar-refractivity contribution in [3.05, 3.63) is 0 Å². The summed E-state index contributed by atoms with van der Waals surface area (Å²) in [6.45, 7) is 2.95. The molecule has 0 aromatic heterocycles. The number of carbonyl (C=O) groups is 1. The summed E-state index contributed by atoms with van der Waals surface area (Å²) in [5.41, 5.74) is -0.343. The molecular weight excluding hydrogens is 290 g/mol. The van der Waals surface area contributed by atoms with Crippen LogP contribution < -0.4 is 5.32 Å². The minimum absolute atomic E-state index is 0.0869. The lowest BCUT2D eigenvalue weighted by molar-refractivity contribution is -0.141. The van der Waals surface area contributed by atoms with Gasteiger partial charge in [0.05, 0.1) is 24.5 Å². The molecule has 6 heteroatoms. The Morgan fingerprint density at radius 2 is 2.05 bits per heavy atom. The van der Waals surface area contributed by atoms with Gasteiger partial charge in [0.2, 0.25) is 0 Å². The molecule has 0 spiro atoms. The Kier molecular flexibility index (Phi) is 5.30. The van der Waals surface area contributed by atoms with E-state index in [9.17, 15) is 13.2 Å². The van der Waals surface area contributed by atoms with Gasteiger partial charge in [-0.2, -0.15) is 0 Å². The molecular formula is C15H27NO4S. The highest BCUT2D eigenvalue weighted by atomic mass is 32.2. The lowest BCUT2D eigenvalue weighted by atomic mass is 10.1. The summed E-state index contributed by atoms with van der Waals surface area (Å²) < 4.78 is 30.2. The van der Waals surface area contributed by atoms with Gasteiger partial charge in [-0.3, -0.25) is 4.79 Å². The third kappa shape index (κ3) is 4.19. The van der Waals surface area contributed by atoms with Gasteiger partial charge in [-0.25, -0.2) is 8.42 Å². The first-order valence-corrected chi connectivity index (χ1v) is 9.66. The summed E-state index contributed by atoms with van der Waals surface area (Å²) in [6.07, 6.45) is 5.54. The number of carbonyl (C=O) groups excluding carboxylic acids is 1. The fourth-order valence-corrected chi connectivity index (χ4v) is 6.10. The number of ether oxygens (including phenoxy) is 1. The molecule has 0 radical (unpaired) electrons. The largest absolute Gasteiger partial charge is 0.469 e. The van der Waals surface area contributed by atoms with Gasteiger partial charge < -0.3 is 10.1 Å². The normalized spacial score (nSPS) is 27.5. The zero-order valence-electron chi connectivity index (χ0n) is 13.1. The highest BCUT2D eigenvalue weighted by molar-refractivity contribution is 7.92. The van der Waals surface area contributed by atoms with E-state index >= 15 is 0 Å². The Bertz CT molecular complexity index is 470. The van der Waals surface area contributed by atoms with Crippen LogP contribution in [-0.4, -0.2) is 45.1 Å². The molecule has 0 aromatic rings. The van der Waals surface area contributed by atoms with Gasteiger partial charge in [-0.15, -0.1) is 0 Å². The monoisotopic (exact) mass is 317 g/mol. The number of esters is 1. The zero-order valence-corrected chi connectivity index (χ0v) is 13.9. The molecule has 5 nitrogen and oxygen atoms in total. The third-order valence-corrected chi connectivity index (χ3v) is 7.28. The molecule has 2 aliphatic rings. The second-order valence-electron chi connectivity index (χ2n) is 6.59. The van der Waals surface area contributed by atoms with E-state index in [1.54, 1.807) is 0 Å². The minimum atomic E-state index is -3.16. The molecule has 1 N–H and O–H groups in total. The summed E-state index contributed by atoms with van der Waals surface area (Å²) in [5.74, 6) is -0.154. The number of methoxy groups -OCH3 is 1. The molecule has 2 atom stereocenters. The molecule has 0 aromatic carbocycles. The predicted molar refractivity (Wildman–Crippen MR) is 81.8 cm³/mol. The second kappa shape index (κ2) is 6.65. The molecule has 2 aliphatic carbocycles. The molecule has 122 valence electrons. The molecule has 0 bridgehead atoms. The lowest BCUT2D eigenvalue weighted by Gasteiger charge is -2.23. The number of hydrogen-bond acceptors (Lipinski definition) is 5. The molecule has 2 saturated carbocycles. The summed E-state index contributed by atoms with van der Waals surface area (Å²) in [5, 5.41) is 3.10. The lowest BCUT2D eigenvalue weighted by Crippen LogP contribution is -2.42. The molecule has 2 rings (SSSR count). The highest BCUT2D eigenvalue weighted by Gasteiger charge is 2.50. The third-order valence-electron chi connectivity index (χ3n) is 4.78. The average molecular weight is 317 g/mol. The minimum Gasteiger partial charge on any atom is -0.469 e. The van der Waals surface area contributed by atoms with Crippen molar-refractivity contribution >= 4 is 15.8 Å². The van der Waals surface area contributed by atoms with E-state index in [2.05, 4.69) is 12.2 Å². The Hall–Kier alpha value is -0.620. The van der Waals surface area contributed by atoms with E-state index in [-0.39, 0.29) is 34.8 Å². The molecule has 21 heavy (non-hydrogen) atoms. The summed E-state index contributed by atoms with van der Waals surface area (Å²) in [6, 6.07) is 0.0869. The maximum atomic E-state index is 12.7. The van der Waals surface area contributed by atoms with Gasteiger partial charge in [-0.05, 0) is 44.1 Å². The van der Waals surface area contributed by atoms with Gasteiger partial charge in [0, 0.05) is 6.04 Å². The van der Waals surface area contributed by atoms with Crippen molar-refractivity contribution in [2.45, 2.75) is 63.2 Å². The first-order chi connectivity index (χ1) is 9.92. The van der Waals surface area contributed by atoms with Crippen molar-refractivity contribution in [1.82, 2.24) is 5.32 Å². The van der Waals surface area contributed by atoms with Crippen molar-refractivity contribution < 1.29 is 17.9 Å². The van der Waals surface area contributed by atoms with Gasteiger partial charge in [0.1, 0.15) is 0 Å². The van der Waals surface area contributed by atoms with Crippen molar-refractivity contribution in [1.29, 1.82) is 0 Å². The van der Waals surface area contributed by atoms with Gasteiger partial charge in [0.15, 0.2) is 9.84 Å². The van der Waals surface area contributed by atoms with Crippen LogP contribution >= 0.6 is 0 Å². The molecule has 2 unspecified atom stereocenters. The van der Waals surface area contributed by atoms with Crippen LogP contribution in [0.4, 0.5) is 0 Å². The van der Waals surface area contributed by atoms with Crippen LogP contribution in [0.5, 0.6) is 0 Å². The standard InChI is InChI=1S/C15H27NO4S/c1-3-9-16-12-5-4-6-13(12)21(18,19)11-15(7-8-15)10-14(17)20-2/h12-13,16H,3-11H2,1-2H3. The summed E-state index contributed by atoms with van der Waals surface area (Å²) in [4.78, 5) is 11.5. The maximum absolute atomic E-state index is 12.7. The van der Waals surface area contributed by atoms with Crippen LogP contribution in [-0.2, 0) is 19.4 Å². The van der Waals surface area contributed by atoms with Gasteiger partial charge >= 0.3 is 5.97 Å². The Morgan fingerprint density at radius 3 is 2.62 bits per heavy atom. The van der Waals surface area contributed by atoms with Crippen LogP contribution in [0.1, 0.15) is 51.9 Å². The smallest absolute Gasteiger partial charge is 0.306 e.